The average molecular weight is 530 g/mol. The van der Waals surface area contributed by atoms with E-state index in [-0.39, 0.29) is 11.7 Å². The van der Waals surface area contributed by atoms with Crippen LogP contribution in [0.25, 0.3) is 11.3 Å². The molecular formula is C27H21BrFN5O. The highest BCUT2D eigenvalue weighted by molar-refractivity contribution is 9.10. The second-order valence-corrected chi connectivity index (χ2v) is 8.58. The Bertz CT molecular complexity index is 1390. The van der Waals surface area contributed by atoms with Crippen molar-refractivity contribution >= 4 is 27.7 Å². The van der Waals surface area contributed by atoms with Gasteiger partial charge in [0.25, 0.3) is 5.91 Å². The van der Waals surface area contributed by atoms with Gasteiger partial charge in [0.15, 0.2) is 0 Å². The largest absolute Gasteiger partial charge is 0.369 e. The maximum atomic E-state index is 13.5. The number of halogens is 2. The summed E-state index contributed by atoms with van der Waals surface area (Å²) in [5.74, 6) is -0.235. The van der Waals surface area contributed by atoms with Crippen LogP contribution in [0.2, 0.25) is 0 Å². The van der Waals surface area contributed by atoms with Crippen molar-refractivity contribution in [3.63, 3.8) is 0 Å². The van der Waals surface area contributed by atoms with Crippen molar-refractivity contribution in [2.75, 3.05) is 11.9 Å². The lowest BCUT2D eigenvalue weighted by Gasteiger charge is -2.15. The average Bonchev–Trinajstić information content (AvgIpc) is 2.88. The minimum absolute atomic E-state index is 0.296. The van der Waals surface area contributed by atoms with Crippen LogP contribution in [0.1, 0.15) is 27.0 Å². The number of carbonyl (C=O) groups is 1. The van der Waals surface area contributed by atoms with Gasteiger partial charge in [0.2, 0.25) is 0 Å². The molecule has 4 aromatic rings. The standard InChI is InChI=1S/C27H21BrFN5O/c28-24-14-23(27(35)33-17-19-6-4-11-31-16-19)26(32-12-10-18-5-3-8-21(29)13-18)34-25(24)22-9-2-1-7-20(22)15-30/h1-9,11,13-14,16H,10,12,17H2,(H,32,34)(H,33,35). The summed E-state index contributed by atoms with van der Waals surface area (Å²) in [6.07, 6.45) is 3.90. The second-order valence-electron chi connectivity index (χ2n) is 7.72. The summed E-state index contributed by atoms with van der Waals surface area (Å²) in [4.78, 5) is 21.9. The molecule has 0 fully saturated rings. The third kappa shape index (κ3) is 6.08. The lowest BCUT2D eigenvalue weighted by atomic mass is 10.0. The molecule has 2 heterocycles. The normalized spacial score (nSPS) is 10.4. The maximum Gasteiger partial charge on any atom is 0.255 e. The number of nitrogens with one attached hydrogen (secondary N) is 2. The van der Waals surface area contributed by atoms with Gasteiger partial charge in [0.1, 0.15) is 11.6 Å². The first kappa shape index (κ1) is 24.0. The van der Waals surface area contributed by atoms with Crippen molar-refractivity contribution in [1.82, 2.24) is 15.3 Å². The molecule has 8 heteroatoms. The Hall–Kier alpha value is -4.09. The Balaban J connectivity index is 1.63. The molecule has 174 valence electrons. The van der Waals surface area contributed by atoms with Crippen LogP contribution in [0, 0.1) is 17.1 Å². The summed E-state index contributed by atoms with van der Waals surface area (Å²) in [6, 6.07) is 21.1. The van der Waals surface area contributed by atoms with Crippen molar-refractivity contribution < 1.29 is 9.18 Å². The van der Waals surface area contributed by atoms with Crippen molar-refractivity contribution in [2.24, 2.45) is 0 Å². The highest BCUT2D eigenvalue weighted by Crippen LogP contribution is 2.32. The van der Waals surface area contributed by atoms with Crippen molar-refractivity contribution in [3.8, 4) is 17.3 Å². The Morgan fingerprint density at radius 2 is 1.89 bits per heavy atom. The van der Waals surface area contributed by atoms with E-state index >= 15 is 0 Å². The fourth-order valence-electron chi connectivity index (χ4n) is 3.57. The van der Waals surface area contributed by atoms with Crippen LogP contribution >= 0.6 is 15.9 Å². The minimum Gasteiger partial charge on any atom is -0.369 e. The lowest BCUT2D eigenvalue weighted by molar-refractivity contribution is 0.0951. The molecule has 1 amide bonds. The van der Waals surface area contributed by atoms with E-state index in [1.807, 2.05) is 24.3 Å². The highest BCUT2D eigenvalue weighted by atomic mass is 79.9. The van der Waals surface area contributed by atoms with Crippen LogP contribution in [-0.4, -0.2) is 22.4 Å². The van der Waals surface area contributed by atoms with Crippen LogP contribution < -0.4 is 10.6 Å². The molecule has 0 saturated heterocycles. The zero-order chi connectivity index (χ0) is 24.6. The van der Waals surface area contributed by atoms with E-state index in [9.17, 15) is 14.4 Å². The lowest BCUT2D eigenvalue weighted by Crippen LogP contribution is -2.25. The first-order valence-electron chi connectivity index (χ1n) is 10.9. The summed E-state index contributed by atoms with van der Waals surface area (Å²) < 4.78 is 14.1. The number of anilines is 1. The molecule has 0 atom stereocenters. The number of amides is 1. The molecule has 0 aliphatic carbocycles. The number of aromatic nitrogens is 2. The molecule has 0 saturated carbocycles. The van der Waals surface area contributed by atoms with Gasteiger partial charge in [-0.1, -0.05) is 36.4 Å². The number of carbonyl (C=O) groups excluding carboxylic acids is 1. The van der Waals surface area contributed by atoms with Crippen molar-refractivity contribution in [3.05, 3.63) is 112 Å². The topological polar surface area (TPSA) is 90.7 Å². The number of hydrogen-bond donors (Lipinski definition) is 2. The Labute approximate surface area is 211 Å². The molecule has 0 unspecified atom stereocenters. The van der Waals surface area contributed by atoms with Gasteiger partial charge in [0, 0.05) is 35.5 Å². The first-order valence-corrected chi connectivity index (χ1v) is 11.7. The van der Waals surface area contributed by atoms with Crippen LogP contribution in [0.3, 0.4) is 0 Å². The van der Waals surface area contributed by atoms with Crippen LogP contribution in [-0.2, 0) is 13.0 Å². The summed E-state index contributed by atoms with van der Waals surface area (Å²) in [5, 5.41) is 15.7. The number of rotatable bonds is 8. The van der Waals surface area contributed by atoms with Gasteiger partial charge < -0.3 is 10.6 Å². The monoisotopic (exact) mass is 529 g/mol. The number of pyridine rings is 2. The molecule has 0 aliphatic rings. The third-order valence-corrected chi connectivity index (χ3v) is 5.90. The number of hydrogen-bond acceptors (Lipinski definition) is 5. The summed E-state index contributed by atoms with van der Waals surface area (Å²) in [6.45, 7) is 0.742. The molecule has 0 bridgehead atoms. The summed E-state index contributed by atoms with van der Waals surface area (Å²) in [5.41, 5.74) is 3.70. The van der Waals surface area contributed by atoms with Gasteiger partial charge in [-0.25, -0.2) is 9.37 Å². The van der Waals surface area contributed by atoms with Crippen LogP contribution in [0.5, 0.6) is 0 Å². The van der Waals surface area contributed by atoms with Crippen molar-refractivity contribution in [2.45, 2.75) is 13.0 Å². The molecule has 0 radical (unpaired) electrons. The van der Waals surface area contributed by atoms with Gasteiger partial charge in [-0.15, -0.1) is 0 Å². The quantitative estimate of drug-likeness (QED) is 0.314. The van der Waals surface area contributed by atoms with E-state index in [1.54, 1.807) is 42.7 Å². The smallest absolute Gasteiger partial charge is 0.255 e. The van der Waals surface area contributed by atoms with Gasteiger partial charge in [-0.05, 0) is 63.8 Å². The predicted octanol–water partition coefficient (Wildman–Crippen LogP) is 5.50. The van der Waals surface area contributed by atoms with E-state index in [1.165, 1.54) is 12.1 Å². The molecule has 6 nitrogen and oxygen atoms in total. The van der Waals surface area contributed by atoms with Gasteiger partial charge in [0.05, 0.1) is 22.9 Å². The summed E-state index contributed by atoms with van der Waals surface area (Å²) >= 11 is 3.53. The molecule has 0 spiro atoms. The van der Waals surface area contributed by atoms with Gasteiger partial charge >= 0.3 is 0 Å². The Morgan fingerprint density at radius 3 is 2.66 bits per heavy atom. The van der Waals surface area contributed by atoms with E-state index in [0.29, 0.717) is 52.2 Å². The Kier molecular flexibility index (Phi) is 7.81. The molecule has 4 rings (SSSR count). The maximum absolute atomic E-state index is 13.5. The summed E-state index contributed by atoms with van der Waals surface area (Å²) in [7, 11) is 0. The fourth-order valence-corrected chi connectivity index (χ4v) is 4.10. The molecule has 2 aromatic heterocycles. The Morgan fingerprint density at radius 1 is 1.06 bits per heavy atom. The van der Waals surface area contributed by atoms with E-state index < -0.39 is 0 Å². The molecule has 2 N–H and O–H groups in total. The molecular weight excluding hydrogens is 509 g/mol. The highest BCUT2D eigenvalue weighted by Gasteiger charge is 2.19. The SMILES string of the molecule is N#Cc1ccccc1-c1nc(NCCc2cccc(F)c2)c(C(=O)NCc2cccnc2)cc1Br. The zero-order valence-corrected chi connectivity index (χ0v) is 20.2. The molecule has 2 aromatic carbocycles. The van der Waals surface area contributed by atoms with Crippen LogP contribution in [0.15, 0.2) is 83.6 Å². The van der Waals surface area contributed by atoms with Gasteiger partial charge in [-0.3, -0.25) is 9.78 Å². The number of benzene rings is 2. The number of nitrogens with zero attached hydrogens (tertiary/aromatic N) is 3. The van der Waals surface area contributed by atoms with Crippen molar-refractivity contribution in [1.29, 1.82) is 5.26 Å². The second kappa shape index (κ2) is 11.4. The predicted molar refractivity (Wildman–Crippen MR) is 136 cm³/mol. The van der Waals surface area contributed by atoms with E-state index in [0.717, 1.165) is 11.1 Å². The van der Waals surface area contributed by atoms with E-state index in [4.69, 9.17) is 4.98 Å². The van der Waals surface area contributed by atoms with Crippen LogP contribution in [0.4, 0.5) is 10.2 Å². The first-order chi connectivity index (χ1) is 17.0. The van der Waals surface area contributed by atoms with Gasteiger partial charge in [-0.2, -0.15) is 5.26 Å². The fraction of sp³-hybridized carbons (Fsp3) is 0.111. The molecule has 0 aliphatic heterocycles. The number of nitriles is 1. The third-order valence-electron chi connectivity index (χ3n) is 5.29. The molecule has 35 heavy (non-hydrogen) atoms. The minimum atomic E-state index is -0.310. The zero-order valence-electron chi connectivity index (χ0n) is 18.6. The van der Waals surface area contributed by atoms with E-state index in [2.05, 4.69) is 37.6 Å².